The van der Waals surface area contributed by atoms with Crippen molar-refractivity contribution in [2.24, 2.45) is 0 Å². The molecule has 4 aliphatic heterocycles. The van der Waals surface area contributed by atoms with E-state index < -0.39 is 0 Å². The predicted molar refractivity (Wildman–Crippen MR) is 177 cm³/mol. The van der Waals surface area contributed by atoms with Gasteiger partial charge in [-0.2, -0.15) is 25.7 Å². The van der Waals surface area contributed by atoms with E-state index in [0.29, 0.717) is 0 Å². The summed E-state index contributed by atoms with van der Waals surface area (Å²) in [5.74, 6) is 0. The number of hydrogen-bond acceptors (Lipinski definition) is 4. The zero-order valence-electron chi connectivity index (χ0n) is 26.1. The quantitative estimate of drug-likeness (QED) is 0.257. The summed E-state index contributed by atoms with van der Waals surface area (Å²) >= 11 is 0. The summed E-state index contributed by atoms with van der Waals surface area (Å²) in [6.45, 7) is 21.4. The van der Waals surface area contributed by atoms with E-state index in [2.05, 4.69) is 122 Å². The fourth-order valence-corrected chi connectivity index (χ4v) is 6.07. The predicted octanol–water partition coefficient (Wildman–Crippen LogP) is 8.30. The van der Waals surface area contributed by atoms with Gasteiger partial charge in [-0.3, -0.25) is 0 Å². The van der Waals surface area contributed by atoms with E-state index in [4.69, 9.17) is 0 Å². The van der Waals surface area contributed by atoms with Gasteiger partial charge in [-0.05, 0) is 76.2 Å². The maximum Gasteiger partial charge on any atom is 4.00 e. The molecule has 0 saturated carbocycles. The van der Waals surface area contributed by atoms with E-state index in [9.17, 15) is 0 Å². The van der Waals surface area contributed by atoms with Crippen LogP contribution in [0.5, 0.6) is 0 Å². The molecule has 0 bridgehead atoms. The number of allylic oxidation sites excluding steroid dienone is 6. The first-order chi connectivity index (χ1) is 20.3. The summed E-state index contributed by atoms with van der Waals surface area (Å²) in [6, 6.07) is 9.01. The molecule has 0 radical (unpaired) electrons. The summed E-state index contributed by atoms with van der Waals surface area (Å²) in [5.41, 5.74) is 12.6. The average molecular weight is 615 g/mol. The van der Waals surface area contributed by atoms with Gasteiger partial charge in [-0.1, -0.05) is 71.8 Å². The molecule has 2 saturated heterocycles. The first-order valence-corrected chi connectivity index (χ1v) is 14.7. The molecule has 0 aromatic heterocycles. The number of nitrogens with zero attached hydrogens (tertiary/aromatic N) is 6. The molecule has 0 amide bonds. The minimum atomic E-state index is 0. The van der Waals surface area contributed by atoms with Crippen molar-refractivity contribution in [1.82, 2.24) is 9.80 Å². The number of anilines is 2. The molecule has 2 aromatic carbocycles. The first-order valence-electron chi connectivity index (χ1n) is 14.7. The van der Waals surface area contributed by atoms with Gasteiger partial charge in [-0.25, -0.2) is 0 Å². The monoisotopic (exact) mass is 614 g/mol. The van der Waals surface area contributed by atoms with Crippen LogP contribution in [0.25, 0.3) is 10.6 Å². The van der Waals surface area contributed by atoms with Crippen LogP contribution < -0.4 is 9.80 Å². The summed E-state index contributed by atoms with van der Waals surface area (Å²) in [5, 5.41) is 8.70. The molecule has 7 heteroatoms. The molecule has 2 fully saturated rings. The van der Waals surface area contributed by atoms with Gasteiger partial charge in [0, 0.05) is 37.6 Å². The van der Waals surface area contributed by atoms with Crippen LogP contribution in [0.4, 0.5) is 11.4 Å². The molecule has 4 aliphatic rings. The van der Waals surface area contributed by atoms with E-state index in [1.54, 1.807) is 0 Å². The molecule has 0 atom stereocenters. The number of benzene rings is 2. The van der Waals surface area contributed by atoms with Crippen molar-refractivity contribution in [3.63, 3.8) is 0 Å². The fourth-order valence-electron chi connectivity index (χ4n) is 6.07. The van der Waals surface area contributed by atoms with Crippen LogP contribution in [0.1, 0.15) is 33.4 Å². The van der Waals surface area contributed by atoms with Crippen molar-refractivity contribution in [3.05, 3.63) is 154 Å². The second-order valence-corrected chi connectivity index (χ2v) is 11.4. The summed E-state index contributed by atoms with van der Waals surface area (Å²) in [6.07, 6.45) is 19.8. The Balaban J connectivity index is 0.000000192. The Morgan fingerprint density at radius 1 is 0.558 bits per heavy atom. The zero-order chi connectivity index (χ0) is 29.6. The Morgan fingerprint density at radius 3 is 1.26 bits per heavy atom. The van der Waals surface area contributed by atoms with Gasteiger partial charge < -0.3 is 30.2 Å². The van der Waals surface area contributed by atoms with Gasteiger partial charge >= 0.3 is 17.1 Å². The minimum absolute atomic E-state index is 0. The van der Waals surface area contributed by atoms with Gasteiger partial charge in [0.1, 0.15) is 0 Å². The third-order valence-electron chi connectivity index (χ3n) is 7.59. The summed E-state index contributed by atoms with van der Waals surface area (Å²) in [4.78, 5) is 9.09. The second-order valence-electron chi connectivity index (χ2n) is 11.4. The van der Waals surface area contributed by atoms with Crippen molar-refractivity contribution in [2.45, 2.75) is 41.5 Å². The van der Waals surface area contributed by atoms with Gasteiger partial charge in [0.25, 0.3) is 0 Å². The molecular weight excluding hydrogens is 572 g/mol. The smallest absolute Gasteiger partial charge is 0.663 e. The molecule has 6 rings (SSSR count). The van der Waals surface area contributed by atoms with E-state index >= 15 is 0 Å². The Hall–Kier alpha value is -3.80. The van der Waals surface area contributed by atoms with E-state index in [1.807, 2.05) is 48.9 Å². The van der Waals surface area contributed by atoms with Crippen molar-refractivity contribution in [1.29, 1.82) is 0 Å². The van der Waals surface area contributed by atoms with Crippen LogP contribution in [0.3, 0.4) is 0 Å². The number of aryl methyl sites for hydroxylation is 6. The molecule has 0 spiro atoms. The van der Waals surface area contributed by atoms with Crippen molar-refractivity contribution in [3.8, 4) is 0 Å². The topological polar surface area (TPSA) is 41.2 Å². The normalized spacial score (nSPS) is 19.0. The Kier molecular flexibility index (Phi) is 10.9. The zero-order valence-corrected chi connectivity index (χ0v) is 27.2. The van der Waals surface area contributed by atoms with Crippen LogP contribution in [0.15, 0.2) is 96.9 Å². The molecule has 0 aliphatic carbocycles. The Morgan fingerprint density at radius 2 is 0.930 bits per heavy atom. The van der Waals surface area contributed by atoms with Crippen molar-refractivity contribution in [2.75, 3.05) is 36.0 Å². The van der Waals surface area contributed by atoms with Crippen LogP contribution >= 0.6 is 0 Å². The molecule has 0 N–H and O–H groups in total. The molecule has 0 unspecified atom stereocenters. The number of hydrogen-bond donors (Lipinski definition) is 0. The molecule has 2 aromatic rings. The SMILES string of the molecule is Cc1cc(C)c(N2[CH-]N(/C=C3/C=CC=C[N-]3)CC2)c(C)c1.Cc1cc(C)c(N2[CH-]N(/C=C3/C=CC=C[N-]3)CC2)c(C)c1.[Fe+4]. The van der Waals surface area contributed by atoms with E-state index in [1.165, 1.54) is 44.8 Å². The molecule has 4 heterocycles. The van der Waals surface area contributed by atoms with E-state index in [-0.39, 0.29) is 17.1 Å². The third-order valence-corrected chi connectivity index (χ3v) is 7.59. The van der Waals surface area contributed by atoms with Crippen LogP contribution in [0.2, 0.25) is 0 Å². The van der Waals surface area contributed by atoms with Gasteiger partial charge in [0.05, 0.1) is 0 Å². The van der Waals surface area contributed by atoms with Crippen molar-refractivity contribution >= 4 is 11.4 Å². The van der Waals surface area contributed by atoms with Crippen LogP contribution in [-0.4, -0.2) is 36.0 Å². The standard InChI is InChI=1S/2C18H21N3.Fe/c2*1-14-10-15(2)18(16(3)11-14)21-9-8-20(13-21)12-17-6-4-5-7-19-17;/h2*4-7,10-13H,8-9H2,1-3H3;/q2*-2;+4/b2*17-12-;. The Bertz CT molecular complexity index is 1320. The molecule has 43 heavy (non-hydrogen) atoms. The molecular formula is C36H42FeN6. The van der Waals surface area contributed by atoms with Crippen LogP contribution in [-0.2, 0) is 17.1 Å². The third kappa shape index (κ3) is 8.19. The fraction of sp³-hybridized carbons (Fsp3) is 0.278. The van der Waals surface area contributed by atoms with Crippen molar-refractivity contribution < 1.29 is 17.1 Å². The van der Waals surface area contributed by atoms with Crippen LogP contribution in [0, 0.1) is 54.9 Å². The minimum Gasteiger partial charge on any atom is -0.663 e. The van der Waals surface area contributed by atoms with Gasteiger partial charge in [-0.15, -0.1) is 11.4 Å². The van der Waals surface area contributed by atoms with Gasteiger partial charge in [0.2, 0.25) is 0 Å². The number of rotatable bonds is 4. The summed E-state index contributed by atoms with van der Waals surface area (Å²) < 4.78 is 0. The summed E-state index contributed by atoms with van der Waals surface area (Å²) in [7, 11) is 0. The maximum atomic E-state index is 4.35. The first kappa shape index (κ1) is 32.1. The average Bonchev–Trinajstić information content (AvgIpc) is 3.59. The molecule has 6 nitrogen and oxygen atoms in total. The van der Waals surface area contributed by atoms with Gasteiger partial charge in [0.15, 0.2) is 0 Å². The Labute approximate surface area is 269 Å². The maximum absolute atomic E-state index is 4.35. The molecule has 224 valence electrons. The second kappa shape index (κ2) is 14.6. The van der Waals surface area contributed by atoms with E-state index in [0.717, 1.165) is 37.6 Å². The largest absolute Gasteiger partial charge is 4.00 e.